The molecule has 2 rings (SSSR count). The van der Waals surface area contributed by atoms with Gasteiger partial charge in [0.15, 0.2) is 0 Å². The summed E-state index contributed by atoms with van der Waals surface area (Å²) in [6.45, 7) is 0.0297. The average Bonchev–Trinajstić information content (AvgIpc) is 2.68. The van der Waals surface area contributed by atoms with Gasteiger partial charge in [0.05, 0.1) is 11.5 Å². The fraction of sp³-hybridized carbons (Fsp3) is 0.727. The van der Waals surface area contributed by atoms with Gasteiger partial charge in [-0.15, -0.1) is 0 Å². The maximum atomic E-state index is 11.6. The normalized spacial score (nSPS) is 34.6. The molecule has 2 fully saturated rings. The Balaban J connectivity index is 1.74. The smallest absolute Gasteiger partial charge is 0.306 e. The summed E-state index contributed by atoms with van der Waals surface area (Å²) in [6.07, 6.45) is 1.10. The van der Waals surface area contributed by atoms with Gasteiger partial charge in [-0.25, -0.2) is 0 Å². The van der Waals surface area contributed by atoms with Gasteiger partial charge >= 0.3 is 5.97 Å². The van der Waals surface area contributed by atoms with Crippen molar-refractivity contribution in [1.82, 2.24) is 10.6 Å². The third-order valence-corrected chi connectivity index (χ3v) is 3.51. The molecule has 0 aromatic rings. The van der Waals surface area contributed by atoms with Crippen LogP contribution in [0.3, 0.4) is 0 Å². The van der Waals surface area contributed by atoms with Gasteiger partial charge < -0.3 is 20.8 Å². The lowest BCUT2D eigenvalue weighted by atomic mass is 9.71. The minimum absolute atomic E-state index is 0.0297. The van der Waals surface area contributed by atoms with E-state index in [2.05, 4.69) is 10.6 Å². The summed E-state index contributed by atoms with van der Waals surface area (Å²) in [5.41, 5.74) is -1.12. The quantitative estimate of drug-likeness (QED) is 0.494. The number of aliphatic hydroxyl groups is 1. The molecule has 0 aromatic carbocycles. The lowest BCUT2D eigenvalue weighted by Gasteiger charge is -2.41. The Kier molecular flexibility index (Phi) is 3.25. The lowest BCUT2D eigenvalue weighted by molar-refractivity contribution is -0.158. The Bertz CT molecular complexity index is 389. The van der Waals surface area contributed by atoms with Gasteiger partial charge in [0.1, 0.15) is 6.04 Å². The van der Waals surface area contributed by atoms with E-state index in [1.54, 1.807) is 0 Å². The third kappa shape index (κ3) is 2.61. The van der Waals surface area contributed by atoms with Crippen LogP contribution >= 0.6 is 0 Å². The fourth-order valence-electron chi connectivity index (χ4n) is 2.36. The van der Waals surface area contributed by atoms with E-state index >= 15 is 0 Å². The SMILES string of the molecule is O=C1CCC(C(=O)NCC2(O)CC(C(=O)O)C2)N1. The average molecular weight is 256 g/mol. The van der Waals surface area contributed by atoms with Crippen LogP contribution in [-0.4, -0.2) is 46.2 Å². The predicted octanol–water partition coefficient (Wildman–Crippen LogP) is -1.39. The number of carbonyl (C=O) groups is 3. The van der Waals surface area contributed by atoms with Crippen LogP contribution in [0.25, 0.3) is 0 Å². The van der Waals surface area contributed by atoms with Crippen LogP contribution in [0, 0.1) is 5.92 Å². The zero-order valence-electron chi connectivity index (χ0n) is 9.81. The molecule has 0 spiro atoms. The molecule has 4 N–H and O–H groups in total. The van der Waals surface area contributed by atoms with Crippen LogP contribution in [0.4, 0.5) is 0 Å². The first-order valence-corrected chi connectivity index (χ1v) is 5.92. The summed E-state index contributed by atoms with van der Waals surface area (Å²) in [7, 11) is 0. The molecule has 7 nitrogen and oxygen atoms in total. The van der Waals surface area contributed by atoms with E-state index in [4.69, 9.17) is 5.11 Å². The van der Waals surface area contributed by atoms with Gasteiger partial charge in [-0.05, 0) is 19.3 Å². The molecule has 1 aliphatic heterocycles. The minimum atomic E-state index is -1.12. The van der Waals surface area contributed by atoms with Crippen LogP contribution in [-0.2, 0) is 14.4 Å². The van der Waals surface area contributed by atoms with Gasteiger partial charge in [-0.2, -0.15) is 0 Å². The van der Waals surface area contributed by atoms with Crippen molar-refractivity contribution in [3.63, 3.8) is 0 Å². The van der Waals surface area contributed by atoms with E-state index in [9.17, 15) is 19.5 Å². The standard InChI is InChI=1S/C11H16N2O5/c14-8-2-1-7(13-8)9(15)12-5-11(18)3-6(4-11)10(16)17/h6-7,18H,1-5H2,(H,12,15)(H,13,14)(H,16,17). The topological polar surface area (TPSA) is 116 Å². The number of hydrogen-bond acceptors (Lipinski definition) is 4. The summed E-state index contributed by atoms with van der Waals surface area (Å²) in [5.74, 6) is -1.93. The van der Waals surface area contributed by atoms with Gasteiger partial charge in [0.2, 0.25) is 11.8 Å². The van der Waals surface area contributed by atoms with E-state index in [-0.39, 0.29) is 31.2 Å². The van der Waals surface area contributed by atoms with Crippen molar-refractivity contribution < 1.29 is 24.6 Å². The zero-order chi connectivity index (χ0) is 13.3. The molecule has 0 bridgehead atoms. The molecule has 1 heterocycles. The first-order valence-electron chi connectivity index (χ1n) is 5.92. The van der Waals surface area contributed by atoms with Crippen molar-refractivity contribution in [2.45, 2.75) is 37.3 Å². The number of rotatable bonds is 4. The van der Waals surface area contributed by atoms with Gasteiger partial charge in [0, 0.05) is 13.0 Å². The molecule has 1 aliphatic carbocycles. The van der Waals surface area contributed by atoms with E-state index < -0.39 is 23.5 Å². The third-order valence-electron chi connectivity index (χ3n) is 3.51. The highest BCUT2D eigenvalue weighted by Crippen LogP contribution is 2.37. The molecule has 18 heavy (non-hydrogen) atoms. The maximum Gasteiger partial charge on any atom is 0.306 e. The molecule has 100 valence electrons. The van der Waals surface area contributed by atoms with Crippen molar-refractivity contribution in [3.05, 3.63) is 0 Å². The van der Waals surface area contributed by atoms with Crippen molar-refractivity contribution in [1.29, 1.82) is 0 Å². The largest absolute Gasteiger partial charge is 0.481 e. The predicted molar refractivity (Wildman–Crippen MR) is 59.5 cm³/mol. The first kappa shape index (κ1) is 12.8. The van der Waals surface area contributed by atoms with Crippen LogP contribution in [0.5, 0.6) is 0 Å². The number of carboxylic acid groups (broad SMARTS) is 1. The highest BCUT2D eigenvalue weighted by Gasteiger charge is 2.46. The zero-order valence-corrected chi connectivity index (χ0v) is 9.81. The van der Waals surface area contributed by atoms with Gasteiger partial charge in [-0.3, -0.25) is 14.4 Å². The molecule has 0 aromatic heterocycles. The molecule has 2 aliphatic rings. The van der Waals surface area contributed by atoms with E-state index in [1.165, 1.54) is 0 Å². The molecular weight excluding hydrogens is 240 g/mol. The van der Waals surface area contributed by atoms with Crippen molar-refractivity contribution >= 4 is 17.8 Å². The summed E-state index contributed by atoms with van der Waals surface area (Å²) in [4.78, 5) is 33.2. The number of aliphatic carboxylic acids is 1. The monoisotopic (exact) mass is 256 g/mol. The van der Waals surface area contributed by atoms with Gasteiger partial charge in [0.25, 0.3) is 0 Å². The number of amides is 2. The first-order chi connectivity index (χ1) is 8.39. The van der Waals surface area contributed by atoms with Gasteiger partial charge in [-0.1, -0.05) is 0 Å². The highest BCUT2D eigenvalue weighted by atomic mass is 16.4. The second-order valence-electron chi connectivity index (χ2n) is 5.04. The lowest BCUT2D eigenvalue weighted by Crippen LogP contribution is -2.55. The molecule has 1 saturated heterocycles. The van der Waals surface area contributed by atoms with Crippen molar-refractivity contribution in [2.24, 2.45) is 5.92 Å². The van der Waals surface area contributed by atoms with Crippen LogP contribution in [0.2, 0.25) is 0 Å². The van der Waals surface area contributed by atoms with Crippen molar-refractivity contribution in [2.75, 3.05) is 6.54 Å². The summed E-state index contributed by atoms with van der Waals surface area (Å²) in [6, 6.07) is -0.531. The second kappa shape index (κ2) is 4.56. The number of hydrogen-bond donors (Lipinski definition) is 4. The molecule has 1 saturated carbocycles. The van der Waals surface area contributed by atoms with E-state index in [0.717, 1.165) is 0 Å². The molecule has 2 amide bonds. The Morgan fingerprint density at radius 2 is 2.11 bits per heavy atom. The Hall–Kier alpha value is -1.63. The number of nitrogens with one attached hydrogen (secondary N) is 2. The van der Waals surface area contributed by atoms with Crippen molar-refractivity contribution in [3.8, 4) is 0 Å². The molecular formula is C11H16N2O5. The van der Waals surface area contributed by atoms with Crippen LogP contribution in [0.15, 0.2) is 0 Å². The molecule has 1 atom stereocenters. The molecule has 7 heteroatoms. The minimum Gasteiger partial charge on any atom is -0.481 e. The Morgan fingerprint density at radius 3 is 2.61 bits per heavy atom. The Morgan fingerprint density at radius 1 is 1.44 bits per heavy atom. The number of carbonyl (C=O) groups excluding carboxylic acids is 2. The van der Waals surface area contributed by atoms with E-state index in [1.807, 2.05) is 0 Å². The molecule has 0 radical (unpaired) electrons. The van der Waals surface area contributed by atoms with Crippen LogP contribution < -0.4 is 10.6 Å². The molecule has 1 unspecified atom stereocenters. The maximum absolute atomic E-state index is 11.6. The Labute approximate surface area is 104 Å². The number of carboxylic acids is 1. The van der Waals surface area contributed by atoms with E-state index in [0.29, 0.717) is 12.8 Å². The highest BCUT2D eigenvalue weighted by molar-refractivity contribution is 5.90. The summed E-state index contributed by atoms with van der Waals surface area (Å²) < 4.78 is 0. The second-order valence-corrected chi connectivity index (χ2v) is 5.04. The van der Waals surface area contributed by atoms with Crippen LogP contribution in [0.1, 0.15) is 25.7 Å². The summed E-state index contributed by atoms with van der Waals surface area (Å²) in [5, 5.41) is 23.7. The fourth-order valence-corrected chi connectivity index (χ4v) is 2.36. The summed E-state index contributed by atoms with van der Waals surface area (Å²) >= 11 is 0.